The molecule has 0 saturated heterocycles. The van der Waals surface area contributed by atoms with Crippen molar-refractivity contribution in [2.24, 2.45) is 0 Å². The molecular formula is C32H29N3O3S. The van der Waals surface area contributed by atoms with Crippen molar-refractivity contribution in [2.75, 3.05) is 0 Å². The highest BCUT2D eigenvalue weighted by molar-refractivity contribution is 7.80. The topological polar surface area (TPSA) is 76.4 Å². The van der Waals surface area contributed by atoms with Crippen molar-refractivity contribution < 1.29 is 13.9 Å². The maximum Gasteiger partial charge on any atom is 0.257 e. The predicted octanol–water partition coefficient (Wildman–Crippen LogP) is 7.00. The van der Waals surface area contributed by atoms with E-state index in [0.717, 1.165) is 27.8 Å². The molecule has 1 aromatic heterocycles. The zero-order valence-electron chi connectivity index (χ0n) is 21.8. The number of oxazole rings is 1. The van der Waals surface area contributed by atoms with Crippen LogP contribution in [0, 0.1) is 0 Å². The number of carbonyl (C=O) groups is 1. The van der Waals surface area contributed by atoms with Gasteiger partial charge in [-0.15, -0.1) is 0 Å². The number of fused-ring (bicyclic) bond motifs is 1. The van der Waals surface area contributed by atoms with Gasteiger partial charge in [-0.1, -0.05) is 62.4 Å². The fraction of sp³-hybridized carbons (Fsp3) is 0.156. The second kappa shape index (κ2) is 11.9. The standard InChI is InChI=1S/C32H29N3O3S/c1-21(2)26-14-17-29-28(18-26)34-31(38-29)25-10-8-22(9-11-25)19-33-32(39)35-30(36)24-12-15-27(16-13-24)37-20-23-6-4-3-5-7-23/h3-18,21H,19-20H2,1-2H3,(H2,33,35,36,39). The predicted molar refractivity (Wildman–Crippen MR) is 158 cm³/mol. The van der Waals surface area contributed by atoms with Gasteiger partial charge < -0.3 is 14.5 Å². The summed E-state index contributed by atoms with van der Waals surface area (Å²) in [5.41, 5.74) is 6.34. The number of amides is 1. The molecule has 1 amide bonds. The molecule has 6 nitrogen and oxygen atoms in total. The van der Waals surface area contributed by atoms with E-state index < -0.39 is 0 Å². The number of hydrogen-bond donors (Lipinski definition) is 2. The molecule has 0 atom stereocenters. The molecule has 5 rings (SSSR count). The number of ether oxygens (including phenoxy) is 1. The molecule has 0 spiro atoms. The van der Waals surface area contributed by atoms with Crippen molar-refractivity contribution in [1.82, 2.24) is 15.6 Å². The largest absolute Gasteiger partial charge is 0.489 e. The second-order valence-electron chi connectivity index (χ2n) is 9.53. The summed E-state index contributed by atoms with van der Waals surface area (Å²) in [5.74, 6) is 1.43. The Morgan fingerprint density at radius 2 is 1.67 bits per heavy atom. The molecule has 0 radical (unpaired) electrons. The molecule has 0 bridgehead atoms. The lowest BCUT2D eigenvalue weighted by molar-refractivity contribution is 0.0976. The van der Waals surface area contributed by atoms with Crippen molar-refractivity contribution in [3.05, 3.63) is 119 Å². The summed E-state index contributed by atoms with van der Waals surface area (Å²) in [6, 6.07) is 30.9. The Bertz CT molecular complexity index is 1580. The lowest BCUT2D eigenvalue weighted by Gasteiger charge is -2.11. The molecule has 0 fully saturated rings. The van der Waals surface area contributed by atoms with Gasteiger partial charge in [0.05, 0.1) is 0 Å². The average Bonchev–Trinajstić information content (AvgIpc) is 3.40. The van der Waals surface area contributed by atoms with Crippen LogP contribution >= 0.6 is 12.2 Å². The number of thiocarbonyl (C=S) groups is 1. The third-order valence-corrected chi connectivity index (χ3v) is 6.57. The van der Waals surface area contributed by atoms with Crippen molar-refractivity contribution in [3.8, 4) is 17.2 Å². The van der Waals surface area contributed by atoms with E-state index in [-0.39, 0.29) is 11.0 Å². The summed E-state index contributed by atoms with van der Waals surface area (Å²) in [6.07, 6.45) is 0. The number of hydrogen-bond acceptors (Lipinski definition) is 5. The third kappa shape index (κ3) is 6.69. The van der Waals surface area contributed by atoms with Gasteiger partial charge in [0, 0.05) is 17.7 Å². The minimum absolute atomic E-state index is 0.258. The maximum atomic E-state index is 12.6. The Labute approximate surface area is 233 Å². The van der Waals surface area contributed by atoms with Crippen LogP contribution in [0.15, 0.2) is 101 Å². The number of carbonyl (C=O) groups excluding carboxylic acids is 1. The molecule has 0 aliphatic carbocycles. The fourth-order valence-electron chi connectivity index (χ4n) is 4.04. The number of aromatic nitrogens is 1. The Morgan fingerprint density at radius 1 is 0.923 bits per heavy atom. The Balaban J connectivity index is 1.11. The minimum Gasteiger partial charge on any atom is -0.489 e. The van der Waals surface area contributed by atoms with Crippen molar-refractivity contribution in [1.29, 1.82) is 0 Å². The number of benzene rings is 4. The van der Waals surface area contributed by atoms with E-state index in [1.807, 2.05) is 60.7 Å². The van der Waals surface area contributed by atoms with Crippen LogP contribution in [0.25, 0.3) is 22.6 Å². The van der Waals surface area contributed by atoms with E-state index in [2.05, 4.69) is 41.6 Å². The number of nitrogens with zero attached hydrogens (tertiary/aromatic N) is 1. The lowest BCUT2D eigenvalue weighted by Crippen LogP contribution is -2.38. The molecule has 0 unspecified atom stereocenters. The SMILES string of the molecule is CC(C)c1ccc2oc(-c3ccc(CNC(=S)NC(=O)c4ccc(OCc5ccccc5)cc4)cc3)nc2c1. The molecule has 1 heterocycles. The fourth-order valence-corrected chi connectivity index (χ4v) is 4.20. The summed E-state index contributed by atoms with van der Waals surface area (Å²) in [4.78, 5) is 17.3. The summed E-state index contributed by atoms with van der Waals surface area (Å²) in [7, 11) is 0. The van der Waals surface area contributed by atoms with Crippen LogP contribution in [-0.4, -0.2) is 16.0 Å². The van der Waals surface area contributed by atoms with E-state index in [4.69, 9.17) is 21.4 Å². The number of rotatable bonds is 8. The third-order valence-electron chi connectivity index (χ3n) is 6.32. The molecule has 39 heavy (non-hydrogen) atoms. The smallest absolute Gasteiger partial charge is 0.257 e. The summed E-state index contributed by atoms with van der Waals surface area (Å²) in [6.45, 7) is 5.26. The normalized spacial score (nSPS) is 10.9. The van der Waals surface area contributed by atoms with Gasteiger partial charge in [-0.25, -0.2) is 4.98 Å². The first kappa shape index (κ1) is 26.1. The van der Waals surface area contributed by atoms with Gasteiger partial charge in [0.2, 0.25) is 5.89 Å². The van der Waals surface area contributed by atoms with E-state index in [9.17, 15) is 4.79 Å². The first-order valence-electron chi connectivity index (χ1n) is 12.8. The average molecular weight is 536 g/mol. The molecule has 0 aliphatic rings. The zero-order chi connectivity index (χ0) is 27.2. The highest BCUT2D eigenvalue weighted by atomic mass is 32.1. The van der Waals surface area contributed by atoms with Gasteiger partial charge in [-0.3, -0.25) is 10.1 Å². The van der Waals surface area contributed by atoms with E-state index in [1.54, 1.807) is 24.3 Å². The quantitative estimate of drug-likeness (QED) is 0.208. The summed E-state index contributed by atoms with van der Waals surface area (Å²) < 4.78 is 11.7. The van der Waals surface area contributed by atoms with Gasteiger partial charge in [-0.2, -0.15) is 0 Å². The Hall–Kier alpha value is -4.49. The van der Waals surface area contributed by atoms with E-state index in [1.165, 1.54) is 5.56 Å². The molecule has 0 saturated carbocycles. The maximum absolute atomic E-state index is 12.6. The van der Waals surface area contributed by atoms with Crippen molar-refractivity contribution in [2.45, 2.75) is 32.9 Å². The highest BCUT2D eigenvalue weighted by Crippen LogP contribution is 2.27. The van der Waals surface area contributed by atoms with Crippen LogP contribution in [0.1, 0.15) is 46.8 Å². The highest BCUT2D eigenvalue weighted by Gasteiger charge is 2.11. The first-order chi connectivity index (χ1) is 18.9. The first-order valence-corrected chi connectivity index (χ1v) is 13.2. The van der Waals surface area contributed by atoms with Crippen LogP contribution in [0.5, 0.6) is 5.75 Å². The van der Waals surface area contributed by atoms with Gasteiger partial charge >= 0.3 is 0 Å². The Kier molecular flexibility index (Phi) is 7.99. The van der Waals surface area contributed by atoms with Gasteiger partial charge in [0.15, 0.2) is 10.7 Å². The molecule has 0 aliphatic heterocycles. The lowest BCUT2D eigenvalue weighted by atomic mass is 10.0. The Morgan fingerprint density at radius 3 is 2.38 bits per heavy atom. The molecular weight excluding hydrogens is 506 g/mol. The molecule has 2 N–H and O–H groups in total. The molecule has 196 valence electrons. The molecule has 5 aromatic rings. The van der Waals surface area contributed by atoms with Crippen LogP contribution < -0.4 is 15.4 Å². The van der Waals surface area contributed by atoms with Crippen LogP contribution in [0.4, 0.5) is 0 Å². The van der Waals surface area contributed by atoms with Crippen molar-refractivity contribution >= 4 is 34.3 Å². The molecule has 7 heteroatoms. The van der Waals surface area contributed by atoms with Gasteiger partial charge in [0.1, 0.15) is 17.9 Å². The van der Waals surface area contributed by atoms with Gasteiger partial charge in [0.25, 0.3) is 5.91 Å². The summed E-state index contributed by atoms with van der Waals surface area (Å²) >= 11 is 5.33. The van der Waals surface area contributed by atoms with E-state index >= 15 is 0 Å². The number of nitrogens with one attached hydrogen (secondary N) is 2. The van der Waals surface area contributed by atoms with Gasteiger partial charge in [-0.05, 0) is 83.4 Å². The van der Waals surface area contributed by atoms with E-state index in [0.29, 0.717) is 36.3 Å². The van der Waals surface area contributed by atoms with Crippen molar-refractivity contribution in [3.63, 3.8) is 0 Å². The van der Waals surface area contributed by atoms with Crippen LogP contribution in [-0.2, 0) is 13.2 Å². The molecule has 4 aromatic carbocycles. The monoisotopic (exact) mass is 535 g/mol. The van der Waals surface area contributed by atoms with Crippen LogP contribution in [0.2, 0.25) is 0 Å². The second-order valence-corrected chi connectivity index (χ2v) is 9.94. The summed E-state index contributed by atoms with van der Waals surface area (Å²) in [5, 5.41) is 6.06. The minimum atomic E-state index is -0.283. The van der Waals surface area contributed by atoms with Crippen LogP contribution in [0.3, 0.4) is 0 Å². The zero-order valence-corrected chi connectivity index (χ0v) is 22.6.